The van der Waals surface area contributed by atoms with Gasteiger partial charge in [-0.25, -0.2) is 0 Å². The van der Waals surface area contributed by atoms with Crippen LogP contribution < -0.4 is 0 Å². The molecule has 0 radical (unpaired) electrons. The molecular weight excluding hydrogens is 446 g/mol. The van der Waals surface area contributed by atoms with Crippen molar-refractivity contribution in [2.24, 2.45) is 5.92 Å². The van der Waals surface area contributed by atoms with E-state index in [0.29, 0.717) is 0 Å². The summed E-state index contributed by atoms with van der Waals surface area (Å²) in [5, 5.41) is 23.5. The average molecular weight is 486 g/mol. The smallest absolute Gasteiger partial charge is 0.129 e. The average Bonchev–Trinajstić information content (AvgIpc) is 2.94. The van der Waals surface area contributed by atoms with Gasteiger partial charge >= 0.3 is 0 Å². The van der Waals surface area contributed by atoms with Crippen LogP contribution in [0.15, 0.2) is 84.9 Å². The zero-order chi connectivity index (χ0) is 25.8. The first-order valence-electron chi connectivity index (χ1n) is 13.1. The van der Waals surface area contributed by atoms with E-state index in [4.69, 9.17) is 0 Å². The molecule has 0 aliphatic carbocycles. The van der Waals surface area contributed by atoms with Crippen molar-refractivity contribution in [3.63, 3.8) is 0 Å². The molecule has 0 bridgehead atoms. The maximum Gasteiger partial charge on any atom is 0.129 e. The Morgan fingerprint density at radius 2 is 1.36 bits per heavy atom. The van der Waals surface area contributed by atoms with Crippen molar-refractivity contribution in [1.82, 2.24) is 4.90 Å². The summed E-state index contributed by atoms with van der Waals surface area (Å²) in [5.74, 6) is 0.0815. The third kappa shape index (κ3) is 5.17. The lowest BCUT2D eigenvalue weighted by Gasteiger charge is -2.45. The van der Waals surface area contributed by atoms with Gasteiger partial charge in [-0.3, -0.25) is 4.90 Å². The van der Waals surface area contributed by atoms with Crippen LogP contribution in [0.2, 0.25) is 0 Å². The molecule has 3 aromatic carbocycles. The number of hydrogen-bond donors (Lipinski definition) is 2. The highest BCUT2D eigenvalue weighted by Gasteiger charge is 2.42. The minimum absolute atomic E-state index is 0.00238. The Morgan fingerprint density at radius 1 is 0.861 bits per heavy atom. The van der Waals surface area contributed by atoms with E-state index in [1.165, 1.54) is 0 Å². The summed E-state index contributed by atoms with van der Waals surface area (Å²) < 4.78 is 0. The SMILES string of the molecule is CCC(C(O)c1ccc(C(C)(C)C=O)cc1)N1CCC(C(O)(c2ccccc2)c2ccccc2)CC1. The van der Waals surface area contributed by atoms with Crippen molar-refractivity contribution in [2.75, 3.05) is 13.1 Å². The number of nitrogens with zero attached hydrogens (tertiary/aromatic N) is 1. The van der Waals surface area contributed by atoms with Crippen LogP contribution in [0, 0.1) is 5.92 Å². The molecule has 1 fully saturated rings. The molecule has 1 heterocycles. The second-order valence-electron chi connectivity index (χ2n) is 10.7. The zero-order valence-electron chi connectivity index (χ0n) is 21.7. The molecule has 3 aromatic rings. The van der Waals surface area contributed by atoms with E-state index in [1.807, 2.05) is 98.8 Å². The summed E-state index contributed by atoms with van der Waals surface area (Å²) in [4.78, 5) is 13.8. The van der Waals surface area contributed by atoms with Gasteiger partial charge in [0, 0.05) is 11.5 Å². The number of aliphatic hydroxyl groups excluding tert-OH is 1. The van der Waals surface area contributed by atoms with Crippen LogP contribution >= 0.6 is 0 Å². The van der Waals surface area contributed by atoms with E-state index in [1.54, 1.807) is 0 Å². The quantitative estimate of drug-likeness (QED) is 0.386. The highest BCUT2D eigenvalue weighted by Crippen LogP contribution is 2.42. The Morgan fingerprint density at radius 3 is 1.81 bits per heavy atom. The maximum absolute atomic E-state index is 12.2. The number of aliphatic hydroxyl groups is 2. The van der Waals surface area contributed by atoms with Crippen LogP contribution in [-0.2, 0) is 15.8 Å². The highest BCUT2D eigenvalue weighted by molar-refractivity contribution is 5.67. The predicted octanol–water partition coefficient (Wildman–Crippen LogP) is 5.62. The zero-order valence-corrected chi connectivity index (χ0v) is 21.7. The Bertz CT molecular complexity index is 1060. The highest BCUT2D eigenvalue weighted by atomic mass is 16.3. The van der Waals surface area contributed by atoms with Crippen LogP contribution in [-0.4, -0.2) is 40.5 Å². The molecule has 0 spiro atoms. The monoisotopic (exact) mass is 485 g/mol. The number of likely N-dealkylation sites (tertiary alicyclic amines) is 1. The van der Waals surface area contributed by atoms with Crippen molar-refractivity contribution < 1.29 is 15.0 Å². The van der Waals surface area contributed by atoms with Crippen LogP contribution in [0.1, 0.15) is 68.4 Å². The lowest BCUT2D eigenvalue weighted by Crippen LogP contribution is -2.48. The fraction of sp³-hybridized carbons (Fsp3) is 0.406. The van der Waals surface area contributed by atoms with Crippen molar-refractivity contribution in [1.29, 1.82) is 0 Å². The minimum Gasteiger partial charge on any atom is -0.387 e. The van der Waals surface area contributed by atoms with Crippen molar-refractivity contribution in [2.45, 2.75) is 63.2 Å². The molecule has 4 heteroatoms. The number of carbonyl (C=O) groups excluding carboxylic acids is 1. The summed E-state index contributed by atoms with van der Waals surface area (Å²) in [5.41, 5.74) is 2.10. The summed E-state index contributed by atoms with van der Waals surface area (Å²) in [6.45, 7) is 7.55. The molecule has 0 aromatic heterocycles. The van der Waals surface area contributed by atoms with E-state index in [2.05, 4.69) is 11.8 Å². The molecule has 1 aliphatic rings. The molecule has 2 unspecified atom stereocenters. The topological polar surface area (TPSA) is 60.8 Å². The lowest BCUT2D eigenvalue weighted by molar-refractivity contribution is -0.111. The van der Waals surface area contributed by atoms with Crippen molar-refractivity contribution >= 4 is 6.29 Å². The van der Waals surface area contributed by atoms with Gasteiger partial charge in [-0.15, -0.1) is 0 Å². The molecule has 1 saturated heterocycles. The molecule has 1 aliphatic heterocycles. The number of hydrogen-bond acceptors (Lipinski definition) is 4. The second-order valence-corrected chi connectivity index (χ2v) is 10.7. The van der Waals surface area contributed by atoms with Gasteiger partial charge in [-0.2, -0.15) is 0 Å². The Balaban J connectivity index is 1.50. The van der Waals surface area contributed by atoms with Gasteiger partial charge in [0.05, 0.1) is 6.10 Å². The molecule has 2 N–H and O–H groups in total. The van der Waals surface area contributed by atoms with Gasteiger partial charge in [-0.05, 0) is 74.4 Å². The largest absolute Gasteiger partial charge is 0.387 e. The molecule has 0 amide bonds. The third-order valence-corrected chi connectivity index (χ3v) is 8.09. The van der Waals surface area contributed by atoms with Gasteiger partial charge < -0.3 is 15.0 Å². The Labute approximate surface area is 215 Å². The molecule has 0 saturated carbocycles. The Kier molecular flexibility index (Phi) is 8.09. The minimum atomic E-state index is -1.05. The van der Waals surface area contributed by atoms with Crippen LogP contribution in [0.5, 0.6) is 0 Å². The van der Waals surface area contributed by atoms with Crippen molar-refractivity contribution in [3.05, 3.63) is 107 Å². The summed E-state index contributed by atoms with van der Waals surface area (Å²) in [7, 11) is 0. The van der Waals surface area contributed by atoms with E-state index in [-0.39, 0.29) is 12.0 Å². The second kappa shape index (κ2) is 11.1. The summed E-state index contributed by atoms with van der Waals surface area (Å²) in [6.07, 6.45) is 2.87. The maximum atomic E-state index is 12.2. The standard InChI is InChI=1S/C32H39NO3/c1-4-29(30(35)24-15-17-25(18-16-24)31(2,3)23-34)33-21-19-28(20-22-33)32(36,26-11-7-5-8-12-26)27-13-9-6-10-14-27/h5-18,23,28-30,35-36H,4,19-22H2,1-3H3. The fourth-order valence-electron chi connectivity index (χ4n) is 5.75. The van der Waals surface area contributed by atoms with Crippen LogP contribution in [0.4, 0.5) is 0 Å². The molecular formula is C32H39NO3. The fourth-order valence-corrected chi connectivity index (χ4v) is 5.75. The predicted molar refractivity (Wildman–Crippen MR) is 145 cm³/mol. The van der Waals surface area contributed by atoms with E-state index < -0.39 is 17.1 Å². The van der Waals surface area contributed by atoms with Crippen molar-refractivity contribution in [3.8, 4) is 0 Å². The normalized spacial score (nSPS) is 17.5. The number of carbonyl (C=O) groups is 1. The van der Waals surface area contributed by atoms with Gasteiger partial charge in [0.15, 0.2) is 0 Å². The first kappa shape index (κ1) is 26.3. The molecule has 2 atom stereocenters. The van der Waals surface area contributed by atoms with Crippen LogP contribution in [0.3, 0.4) is 0 Å². The summed E-state index contributed by atoms with van der Waals surface area (Å²) in [6, 6.07) is 27.8. The number of benzene rings is 3. The molecule has 36 heavy (non-hydrogen) atoms. The first-order valence-corrected chi connectivity index (χ1v) is 13.1. The number of aldehydes is 1. The van der Waals surface area contributed by atoms with Gasteiger partial charge in [0.1, 0.15) is 11.9 Å². The Hall–Kier alpha value is -2.79. The molecule has 4 nitrogen and oxygen atoms in total. The van der Waals surface area contributed by atoms with Gasteiger partial charge in [-0.1, -0.05) is 91.9 Å². The molecule has 4 rings (SSSR count). The van der Waals surface area contributed by atoms with Crippen LogP contribution in [0.25, 0.3) is 0 Å². The van der Waals surface area contributed by atoms with E-state index in [0.717, 1.165) is 60.9 Å². The number of rotatable bonds is 9. The molecule has 190 valence electrons. The van der Waals surface area contributed by atoms with E-state index >= 15 is 0 Å². The number of piperidine rings is 1. The lowest BCUT2D eigenvalue weighted by atomic mass is 9.72. The summed E-state index contributed by atoms with van der Waals surface area (Å²) >= 11 is 0. The van der Waals surface area contributed by atoms with Gasteiger partial charge in [0.2, 0.25) is 0 Å². The third-order valence-electron chi connectivity index (χ3n) is 8.09. The van der Waals surface area contributed by atoms with Gasteiger partial charge in [0.25, 0.3) is 0 Å². The first-order chi connectivity index (χ1) is 17.3. The van der Waals surface area contributed by atoms with E-state index in [9.17, 15) is 15.0 Å².